The van der Waals surface area contributed by atoms with Crippen LogP contribution in [0.1, 0.15) is 17.1 Å². The number of carbonyl (C=O) groups is 1. The van der Waals surface area contributed by atoms with Crippen molar-refractivity contribution in [3.05, 3.63) is 90.3 Å². The van der Waals surface area contributed by atoms with Crippen LogP contribution < -0.4 is 5.73 Å². The van der Waals surface area contributed by atoms with Gasteiger partial charge in [-0.1, -0.05) is 18.2 Å². The SMILES string of the molecule is NC(=O)CN(CCN(Cc1ccccn1)Cc1ccccn1)Cc1ccccn1. The molecule has 2 N–H and O–H groups in total. The summed E-state index contributed by atoms with van der Waals surface area (Å²) in [6.45, 7) is 3.59. The minimum absolute atomic E-state index is 0.192. The molecule has 0 aliphatic carbocycles. The Hall–Kier alpha value is -3.16. The monoisotopic (exact) mass is 390 g/mol. The Kier molecular flexibility index (Phi) is 7.80. The van der Waals surface area contributed by atoms with Crippen LogP contribution in [0.25, 0.3) is 0 Å². The van der Waals surface area contributed by atoms with Crippen molar-refractivity contribution in [1.29, 1.82) is 0 Å². The van der Waals surface area contributed by atoms with Crippen molar-refractivity contribution in [3.63, 3.8) is 0 Å². The van der Waals surface area contributed by atoms with E-state index in [1.165, 1.54) is 0 Å². The summed E-state index contributed by atoms with van der Waals surface area (Å²) in [4.78, 5) is 29.1. The van der Waals surface area contributed by atoms with E-state index in [-0.39, 0.29) is 12.5 Å². The number of carbonyl (C=O) groups excluding carboxylic acids is 1. The molecule has 1 amide bonds. The Bertz CT molecular complexity index is 819. The van der Waals surface area contributed by atoms with E-state index in [0.717, 1.165) is 23.6 Å². The van der Waals surface area contributed by atoms with E-state index in [1.807, 2.05) is 59.5 Å². The molecule has 150 valence electrons. The van der Waals surface area contributed by atoms with Gasteiger partial charge in [0.1, 0.15) is 0 Å². The number of pyridine rings is 3. The number of nitrogens with zero attached hydrogens (tertiary/aromatic N) is 5. The van der Waals surface area contributed by atoms with Crippen LogP contribution in [0, 0.1) is 0 Å². The maximum absolute atomic E-state index is 11.6. The summed E-state index contributed by atoms with van der Waals surface area (Å²) in [5.41, 5.74) is 8.37. The Balaban J connectivity index is 1.67. The standard InChI is InChI=1S/C22H26N6O/c23-22(29)18-28(17-21-9-3-6-12-26-21)14-13-27(15-19-7-1-4-10-24-19)16-20-8-2-5-11-25-20/h1-12H,13-18H2,(H2,23,29). The predicted octanol–water partition coefficient (Wildman–Crippen LogP) is 1.86. The van der Waals surface area contributed by atoms with Gasteiger partial charge in [0.2, 0.25) is 5.91 Å². The molecule has 7 nitrogen and oxygen atoms in total. The maximum Gasteiger partial charge on any atom is 0.231 e. The highest BCUT2D eigenvalue weighted by Gasteiger charge is 2.14. The zero-order valence-corrected chi connectivity index (χ0v) is 16.4. The summed E-state index contributed by atoms with van der Waals surface area (Å²) in [5, 5.41) is 0. The van der Waals surface area contributed by atoms with Gasteiger partial charge in [-0.2, -0.15) is 0 Å². The first-order valence-corrected chi connectivity index (χ1v) is 9.62. The van der Waals surface area contributed by atoms with Crippen molar-refractivity contribution >= 4 is 5.91 Å². The first-order chi connectivity index (χ1) is 14.2. The Morgan fingerprint density at radius 2 is 1.10 bits per heavy atom. The number of hydrogen-bond acceptors (Lipinski definition) is 6. The lowest BCUT2D eigenvalue weighted by molar-refractivity contribution is -0.119. The van der Waals surface area contributed by atoms with Crippen LogP contribution in [-0.2, 0) is 24.4 Å². The van der Waals surface area contributed by atoms with Crippen LogP contribution in [0.5, 0.6) is 0 Å². The summed E-state index contributed by atoms with van der Waals surface area (Å²) >= 11 is 0. The third kappa shape index (κ3) is 7.40. The molecule has 29 heavy (non-hydrogen) atoms. The van der Waals surface area contributed by atoms with Gasteiger partial charge in [0.15, 0.2) is 0 Å². The number of hydrogen-bond donors (Lipinski definition) is 1. The lowest BCUT2D eigenvalue weighted by Crippen LogP contribution is -2.39. The van der Waals surface area contributed by atoms with Gasteiger partial charge in [-0.3, -0.25) is 29.5 Å². The molecule has 0 aliphatic heterocycles. The van der Waals surface area contributed by atoms with Crippen molar-refractivity contribution in [2.24, 2.45) is 5.73 Å². The Morgan fingerprint density at radius 1 is 0.690 bits per heavy atom. The molecule has 0 aliphatic rings. The molecular weight excluding hydrogens is 364 g/mol. The molecule has 0 fully saturated rings. The van der Waals surface area contributed by atoms with Crippen LogP contribution in [0.15, 0.2) is 73.2 Å². The van der Waals surface area contributed by atoms with Crippen molar-refractivity contribution in [2.45, 2.75) is 19.6 Å². The first-order valence-electron chi connectivity index (χ1n) is 9.62. The zero-order chi connectivity index (χ0) is 20.3. The van der Waals surface area contributed by atoms with Gasteiger partial charge >= 0.3 is 0 Å². The largest absolute Gasteiger partial charge is 0.369 e. The van der Waals surface area contributed by atoms with Crippen molar-refractivity contribution in [2.75, 3.05) is 19.6 Å². The molecule has 0 atom stereocenters. The molecule has 0 bridgehead atoms. The molecule has 3 heterocycles. The fourth-order valence-corrected chi connectivity index (χ4v) is 3.09. The quantitative estimate of drug-likeness (QED) is 0.538. The third-order valence-corrected chi connectivity index (χ3v) is 4.45. The maximum atomic E-state index is 11.6. The molecule has 7 heteroatoms. The molecule has 0 saturated heterocycles. The summed E-state index contributed by atoms with van der Waals surface area (Å²) in [5.74, 6) is -0.345. The Labute approximate surface area is 171 Å². The number of amides is 1. The lowest BCUT2D eigenvalue weighted by atomic mass is 10.2. The van der Waals surface area contributed by atoms with Gasteiger partial charge in [0.05, 0.1) is 23.6 Å². The summed E-state index contributed by atoms with van der Waals surface area (Å²) < 4.78 is 0. The highest BCUT2D eigenvalue weighted by molar-refractivity contribution is 5.75. The second-order valence-electron chi connectivity index (χ2n) is 6.85. The lowest BCUT2D eigenvalue weighted by Gasteiger charge is -2.26. The van der Waals surface area contributed by atoms with Crippen LogP contribution in [-0.4, -0.2) is 50.3 Å². The van der Waals surface area contributed by atoms with Crippen LogP contribution >= 0.6 is 0 Å². The normalized spacial score (nSPS) is 11.1. The van der Waals surface area contributed by atoms with Crippen LogP contribution in [0.4, 0.5) is 0 Å². The molecule has 0 radical (unpaired) electrons. The van der Waals surface area contributed by atoms with Gasteiger partial charge in [-0.05, 0) is 36.4 Å². The molecular formula is C22H26N6O. The van der Waals surface area contributed by atoms with Gasteiger partial charge in [-0.15, -0.1) is 0 Å². The topological polar surface area (TPSA) is 88.2 Å². The average Bonchev–Trinajstić information content (AvgIpc) is 2.74. The molecule has 3 rings (SSSR count). The van der Waals surface area contributed by atoms with E-state index < -0.39 is 0 Å². The van der Waals surface area contributed by atoms with E-state index in [0.29, 0.717) is 26.2 Å². The zero-order valence-electron chi connectivity index (χ0n) is 16.4. The minimum atomic E-state index is -0.345. The van der Waals surface area contributed by atoms with Crippen molar-refractivity contribution < 1.29 is 4.79 Å². The molecule has 3 aromatic heterocycles. The highest BCUT2D eigenvalue weighted by atomic mass is 16.1. The fourth-order valence-electron chi connectivity index (χ4n) is 3.09. The fraction of sp³-hybridized carbons (Fsp3) is 0.273. The van der Waals surface area contributed by atoms with E-state index in [9.17, 15) is 4.79 Å². The third-order valence-electron chi connectivity index (χ3n) is 4.45. The molecule has 0 unspecified atom stereocenters. The van der Waals surface area contributed by atoms with Gasteiger partial charge in [0, 0.05) is 51.3 Å². The second-order valence-corrected chi connectivity index (χ2v) is 6.85. The van der Waals surface area contributed by atoms with Crippen molar-refractivity contribution in [1.82, 2.24) is 24.8 Å². The predicted molar refractivity (Wildman–Crippen MR) is 111 cm³/mol. The molecule has 3 aromatic rings. The summed E-state index contributed by atoms with van der Waals surface area (Å²) in [6, 6.07) is 17.6. The number of aromatic nitrogens is 3. The van der Waals surface area contributed by atoms with E-state index in [2.05, 4.69) is 19.9 Å². The first kappa shape index (κ1) is 20.6. The number of primary amides is 1. The van der Waals surface area contributed by atoms with E-state index in [1.54, 1.807) is 18.6 Å². The highest BCUT2D eigenvalue weighted by Crippen LogP contribution is 2.08. The van der Waals surface area contributed by atoms with Gasteiger partial charge in [-0.25, -0.2) is 0 Å². The summed E-state index contributed by atoms with van der Waals surface area (Å²) in [6.07, 6.45) is 5.36. The van der Waals surface area contributed by atoms with E-state index >= 15 is 0 Å². The van der Waals surface area contributed by atoms with Crippen molar-refractivity contribution in [3.8, 4) is 0 Å². The second kappa shape index (κ2) is 11.0. The van der Waals surface area contributed by atoms with Crippen LogP contribution in [0.2, 0.25) is 0 Å². The number of rotatable bonds is 11. The average molecular weight is 390 g/mol. The van der Waals surface area contributed by atoms with Gasteiger partial charge < -0.3 is 5.73 Å². The minimum Gasteiger partial charge on any atom is -0.369 e. The van der Waals surface area contributed by atoms with E-state index in [4.69, 9.17) is 5.73 Å². The Morgan fingerprint density at radius 3 is 1.48 bits per heavy atom. The summed E-state index contributed by atoms with van der Waals surface area (Å²) in [7, 11) is 0. The molecule has 0 aromatic carbocycles. The molecule has 0 saturated carbocycles. The van der Waals surface area contributed by atoms with Crippen LogP contribution in [0.3, 0.4) is 0 Å². The van der Waals surface area contributed by atoms with Gasteiger partial charge in [0.25, 0.3) is 0 Å². The smallest absolute Gasteiger partial charge is 0.231 e. The number of nitrogens with two attached hydrogens (primary N) is 1. The molecule has 0 spiro atoms.